The molecule has 3 aromatic carbocycles. The molecular weight excluding hydrogens is 346 g/mol. The number of rotatable bonds is 4. The van der Waals surface area contributed by atoms with Gasteiger partial charge in [-0.3, -0.25) is 4.79 Å². The highest BCUT2D eigenvalue weighted by Crippen LogP contribution is 2.49. The van der Waals surface area contributed by atoms with Crippen LogP contribution in [-0.2, 0) is 4.79 Å². The number of amides is 1. The molecule has 0 spiro atoms. The first-order chi connectivity index (χ1) is 12.7. The molecular formula is C22H18ClNO2. The second-order valence-electron chi connectivity index (χ2n) is 6.29. The standard InChI is InChI=1S/C22H18ClNO2/c1-26-19-13-11-18(12-14-19)24-21(16-7-9-17(23)10-8-16)20(22(24)25)15-5-3-2-4-6-15/h2-14,20-21H,1H3/t20-,21-/m1/s1. The predicted molar refractivity (Wildman–Crippen MR) is 104 cm³/mol. The van der Waals surface area contributed by atoms with E-state index in [0.717, 1.165) is 22.6 Å². The molecule has 0 bridgehead atoms. The number of carbonyl (C=O) groups excluding carboxylic acids is 1. The van der Waals surface area contributed by atoms with E-state index in [9.17, 15) is 4.79 Å². The van der Waals surface area contributed by atoms with Crippen molar-refractivity contribution in [2.75, 3.05) is 12.0 Å². The van der Waals surface area contributed by atoms with Gasteiger partial charge >= 0.3 is 0 Å². The highest BCUT2D eigenvalue weighted by molar-refractivity contribution is 6.30. The van der Waals surface area contributed by atoms with Crippen LogP contribution < -0.4 is 9.64 Å². The minimum Gasteiger partial charge on any atom is -0.497 e. The largest absolute Gasteiger partial charge is 0.497 e. The van der Waals surface area contributed by atoms with Crippen molar-refractivity contribution in [1.29, 1.82) is 0 Å². The van der Waals surface area contributed by atoms with Gasteiger partial charge in [-0.15, -0.1) is 0 Å². The summed E-state index contributed by atoms with van der Waals surface area (Å²) in [5.41, 5.74) is 2.96. The maximum absolute atomic E-state index is 13.0. The lowest BCUT2D eigenvalue weighted by atomic mass is 9.77. The normalized spacial score (nSPS) is 19.2. The molecule has 0 aromatic heterocycles. The number of anilines is 1. The molecule has 0 radical (unpaired) electrons. The van der Waals surface area contributed by atoms with E-state index < -0.39 is 0 Å². The number of ether oxygens (including phenoxy) is 1. The molecule has 1 fully saturated rings. The van der Waals surface area contributed by atoms with Crippen molar-refractivity contribution in [3.8, 4) is 5.75 Å². The van der Waals surface area contributed by atoms with Crippen molar-refractivity contribution < 1.29 is 9.53 Å². The van der Waals surface area contributed by atoms with E-state index in [1.807, 2.05) is 83.8 Å². The number of hydrogen-bond donors (Lipinski definition) is 0. The molecule has 4 heteroatoms. The Morgan fingerprint density at radius 1 is 0.846 bits per heavy atom. The monoisotopic (exact) mass is 363 g/mol. The summed E-state index contributed by atoms with van der Waals surface area (Å²) in [6.07, 6.45) is 0. The number of hydrogen-bond acceptors (Lipinski definition) is 2. The van der Waals surface area contributed by atoms with Crippen LogP contribution in [0, 0.1) is 0 Å². The molecule has 1 aliphatic rings. The van der Waals surface area contributed by atoms with Crippen LogP contribution in [0.3, 0.4) is 0 Å². The summed E-state index contributed by atoms with van der Waals surface area (Å²) < 4.78 is 5.22. The smallest absolute Gasteiger partial charge is 0.237 e. The van der Waals surface area contributed by atoms with E-state index >= 15 is 0 Å². The minimum atomic E-state index is -0.195. The molecule has 0 aliphatic carbocycles. The van der Waals surface area contributed by atoms with Gasteiger partial charge in [0.05, 0.1) is 19.1 Å². The molecule has 26 heavy (non-hydrogen) atoms. The molecule has 2 atom stereocenters. The fraction of sp³-hybridized carbons (Fsp3) is 0.136. The molecule has 1 amide bonds. The van der Waals surface area contributed by atoms with Crippen LogP contribution in [0.5, 0.6) is 5.75 Å². The van der Waals surface area contributed by atoms with Gasteiger partial charge in [-0.1, -0.05) is 54.1 Å². The Kier molecular flexibility index (Phi) is 4.39. The van der Waals surface area contributed by atoms with Gasteiger partial charge in [0, 0.05) is 10.7 Å². The lowest BCUT2D eigenvalue weighted by Gasteiger charge is -2.47. The van der Waals surface area contributed by atoms with E-state index in [1.165, 1.54) is 0 Å². The summed E-state index contributed by atoms with van der Waals surface area (Å²) in [4.78, 5) is 14.9. The minimum absolute atomic E-state index is 0.0597. The third-order valence-electron chi connectivity index (χ3n) is 4.82. The Morgan fingerprint density at radius 3 is 2.12 bits per heavy atom. The topological polar surface area (TPSA) is 29.5 Å². The molecule has 0 saturated carbocycles. The lowest BCUT2D eigenvalue weighted by molar-refractivity contribution is -0.126. The number of carbonyl (C=O) groups is 1. The fourth-order valence-corrected chi connectivity index (χ4v) is 3.63. The highest BCUT2D eigenvalue weighted by atomic mass is 35.5. The first-order valence-electron chi connectivity index (χ1n) is 8.46. The number of nitrogens with zero attached hydrogens (tertiary/aromatic N) is 1. The van der Waals surface area contributed by atoms with Crippen molar-refractivity contribution in [2.45, 2.75) is 12.0 Å². The zero-order chi connectivity index (χ0) is 18.1. The number of benzene rings is 3. The second-order valence-corrected chi connectivity index (χ2v) is 6.73. The van der Waals surface area contributed by atoms with Crippen LogP contribution in [0.25, 0.3) is 0 Å². The molecule has 1 aliphatic heterocycles. The Bertz CT molecular complexity index is 907. The van der Waals surface area contributed by atoms with Crippen LogP contribution in [0.1, 0.15) is 23.1 Å². The Labute approximate surface area is 157 Å². The summed E-state index contributed by atoms with van der Waals surface area (Å²) in [7, 11) is 1.63. The third-order valence-corrected chi connectivity index (χ3v) is 5.07. The molecule has 1 heterocycles. The van der Waals surface area contributed by atoms with Crippen molar-refractivity contribution in [3.05, 3.63) is 95.0 Å². The van der Waals surface area contributed by atoms with Gasteiger partial charge in [0.25, 0.3) is 0 Å². The first kappa shape index (κ1) is 16.7. The van der Waals surface area contributed by atoms with E-state index in [-0.39, 0.29) is 17.9 Å². The van der Waals surface area contributed by atoms with Crippen molar-refractivity contribution in [3.63, 3.8) is 0 Å². The van der Waals surface area contributed by atoms with Crippen LogP contribution in [-0.4, -0.2) is 13.0 Å². The lowest BCUT2D eigenvalue weighted by Crippen LogP contribution is -2.53. The Balaban J connectivity index is 1.75. The first-order valence-corrected chi connectivity index (χ1v) is 8.84. The van der Waals surface area contributed by atoms with E-state index in [4.69, 9.17) is 16.3 Å². The van der Waals surface area contributed by atoms with Gasteiger partial charge < -0.3 is 9.64 Å². The Hall–Kier alpha value is -2.78. The summed E-state index contributed by atoms with van der Waals surface area (Å²) in [6, 6.07) is 25.2. The molecule has 0 N–H and O–H groups in total. The quantitative estimate of drug-likeness (QED) is 0.595. The summed E-state index contributed by atoms with van der Waals surface area (Å²) >= 11 is 6.05. The fourth-order valence-electron chi connectivity index (χ4n) is 3.51. The van der Waals surface area contributed by atoms with Crippen molar-refractivity contribution in [2.24, 2.45) is 0 Å². The average Bonchev–Trinajstić information content (AvgIpc) is 2.68. The van der Waals surface area contributed by atoms with Gasteiger partial charge in [-0.05, 0) is 47.5 Å². The van der Waals surface area contributed by atoms with Crippen molar-refractivity contribution >= 4 is 23.2 Å². The number of methoxy groups -OCH3 is 1. The molecule has 0 unspecified atom stereocenters. The van der Waals surface area contributed by atoms with Crippen LogP contribution in [0.2, 0.25) is 5.02 Å². The molecule has 4 rings (SSSR count). The second kappa shape index (κ2) is 6.85. The summed E-state index contributed by atoms with van der Waals surface area (Å²) in [6.45, 7) is 0. The van der Waals surface area contributed by atoms with E-state index in [0.29, 0.717) is 5.02 Å². The van der Waals surface area contributed by atoms with Crippen LogP contribution >= 0.6 is 11.6 Å². The summed E-state index contributed by atoms with van der Waals surface area (Å²) in [5.74, 6) is 0.671. The zero-order valence-corrected chi connectivity index (χ0v) is 15.1. The van der Waals surface area contributed by atoms with Gasteiger partial charge in [0.1, 0.15) is 5.75 Å². The SMILES string of the molecule is COc1ccc(N2C(=O)[C@H](c3ccccc3)[C@H]2c2ccc(Cl)cc2)cc1. The molecule has 1 saturated heterocycles. The maximum atomic E-state index is 13.0. The van der Waals surface area contributed by atoms with Crippen molar-refractivity contribution in [1.82, 2.24) is 0 Å². The van der Waals surface area contributed by atoms with Gasteiger partial charge in [-0.2, -0.15) is 0 Å². The summed E-state index contributed by atoms with van der Waals surface area (Å²) in [5, 5.41) is 0.687. The molecule has 130 valence electrons. The highest BCUT2D eigenvalue weighted by Gasteiger charge is 2.49. The van der Waals surface area contributed by atoms with E-state index in [2.05, 4.69) is 0 Å². The molecule has 3 aromatic rings. The van der Waals surface area contributed by atoms with Crippen LogP contribution in [0.4, 0.5) is 5.69 Å². The maximum Gasteiger partial charge on any atom is 0.237 e. The Morgan fingerprint density at radius 2 is 1.50 bits per heavy atom. The number of halogens is 1. The van der Waals surface area contributed by atoms with Gasteiger partial charge in [0.15, 0.2) is 0 Å². The predicted octanol–water partition coefficient (Wildman–Crippen LogP) is 5.22. The van der Waals surface area contributed by atoms with Gasteiger partial charge in [0.2, 0.25) is 5.91 Å². The number of β-lactam (4-membered cyclic amide) rings is 1. The van der Waals surface area contributed by atoms with E-state index in [1.54, 1.807) is 7.11 Å². The van der Waals surface area contributed by atoms with Crippen LogP contribution in [0.15, 0.2) is 78.9 Å². The zero-order valence-electron chi connectivity index (χ0n) is 14.3. The van der Waals surface area contributed by atoms with Gasteiger partial charge in [-0.25, -0.2) is 0 Å². The third kappa shape index (κ3) is 2.85. The molecule has 3 nitrogen and oxygen atoms in total. The average molecular weight is 364 g/mol.